The first-order valence-corrected chi connectivity index (χ1v) is 15.7. The third kappa shape index (κ3) is 6.68. The van der Waals surface area contributed by atoms with Gasteiger partial charge in [-0.05, 0) is 112 Å². The molecule has 3 heteroatoms. The summed E-state index contributed by atoms with van der Waals surface area (Å²) < 4.78 is 15.9. The molecule has 5 rings (SSSR count). The molecule has 0 amide bonds. The van der Waals surface area contributed by atoms with Gasteiger partial charge in [-0.25, -0.2) is 0 Å². The summed E-state index contributed by atoms with van der Waals surface area (Å²) in [7, 11) is 0. The van der Waals surface area contributed by atoms with Crippen molar-refractivity contribution in [3.8, 4) is 28.0 Å². The van der Waals surface area contributed by atoms with E-state index in [1.54, 1.807) is 0 Å². The molecule has 0 bridgehead atoms. The second kappa shape index (κ2) is 11.8. The van der Waals surface area contributed by atoms with Gasteiger partial charge in [0.2, 0.25) is 0 Å². The third-order valence-corrected chi connectivity index (χ3v) is 8.61. The maximum absolute atomic E-state index is 7.49. The van der Waals surface area contributed by atoms with E-state index in [0.717, 1.165) is 30.0 Å². The summed E-state index contributed by atoms with van der Waals surface area (Å²) in [5.74, 6) is 0.945. The van der Waals surface area contributed by atoms with Crippen molar-refractivity contribution in [1.29, 1.82) is 0 Å². The van der Waals surface area contributed by atoms with Crippen LogP contribution in [-0.2, 0) is 11.3 Å². The van der Waals surface area contributed by atoms with Crippen molar-refractivity contribution in [2.45, 2.75) is 94.9 Å². The van der Waals surface area contributed by atoms with Gasteiger partial charge in [-0.3, -0.25) is 0 Å². The molecule has 2 atom stereocenters. The quantitative estimate of drug-likeness (QED) is 0.154. The molecule has 2 unspecified atom stereocenters. The predicted octanol–water partition coefficient (Wildman–Crippen LogP) is 10.1. The largest absolute Gasteiger partial charge is 0.483 e. The lowest BCUT2D eigenvalue weighted by atomic mass is 9.87. The monoisotopic (exact) mass is 575 g/mol. The number of benzene rings is 3. The minimum Gasteiger partial charge on any atom is -0.483 e. The molecule has 0 radical (unpaired) electrons. The normalized spacial score (nSPS) is 16.0. The molecule has 226 valence electrons. The summed E-state index contributed by atoms with van der Waals surface area (Å²) in [5.41, 5.74) is 16.1. The zero-order valence-electron chi connectivity index (χ0n) is 28.1. The molecule has 4 aromatic rings. The summed E-state index contributed by atoms with van der Waals surface area (Å²) in [5, 5.41) is 0. The lowest BCUT2D eigenvalue weighted by Crippen LogP contribution is -2.30. The molecule has 1 aliphatic heterocycles. The van der Waals surface area contributed by atoms with Crippen molar-refractivity contribution in [3.63, 3.8) is 0 Å². The van der Waals surface area contributed by atoms with Crippen LogP contribution in [0.3, 0.4) is 0 Å². The Morgan fingerprint density at radius 2 is 1.23 bits per heavy atom. The number of hydrogen-bond donors (Lipinski definition) is 0. The van der Waals surface area contributed by atoms with Crippen LogP contribution in [0.25, 0.3) is 22.3 Å². The molecule has 2 heterocycles. The first kappa shape index (κ1) is 30.9. The second-order valence-electron chi connectivity index (χ2n) is 13.9. The molecule has 0 N–H and O–H groups in total. The Hall–Kier alpha value is -3.56. The summed E-state index contributed by atoms with van der Waals surface area (Å²) in [6.07, 6.45) is 2.27. The summed E-state index contributed by atoms with van der Waals surface area (Å²) in [6, 6.07) is 20.2. The molecule has 43 heavy (non-hydrogen) atoms. The van der Waals surface area contributed by atoms with Crippen molar-refractivity contribution < 1.29 is 9.47 Å². The summed E-state index contributed by atoms with van der Waals surface area (Å²) in [4.78, 5) is 0. The van der Waals surface area contributed by atoms with Crippen molar-refractivity contribution in [3.05, 3.63) is 111 Å². The fourth-order valence-electron chi connectivity index (χ4n) is 6.91. The topological polar surface area (TPSA) is 26.7 Å². The van der Waals surface area contributed by atoms with Crippen LogP contribution in [0.5, 0.6) is 5.75 Å². The Morgan fingerprint density at radius 3 is 1.63 bits per heavy atom. The van der Waals surface area contributed by atoms with Crippen LogP contribution in [0.2, 0.25) is 0 Å². The van der Waals surface area contributed by atoms with Gasteiger partial charge in [-0.15, -0.1) is 0 Å². The van der Waals surface area contributed by atoms with Crippen LogP contribution in [-0.4, -0.2) is 23.4 Å². The Morgan fingerprint density at radius 1 is 0.791 bits per heavy atom. The number of epoxide rings is 1. The van der Waals surface area contributed by atoms with E-state index in [4.69, 9.17) is 9.47 Å². The zero-order valence-corrected chi connectivity index (χ0v) is 28.1. The first-order valence-electron chi connectivity index (χ1n) is 15.7. The van der Waals surface area contributed by atoms with Gasteiger partial charge in [0.15, 0.2) is 0 Å². The van der Waals surface area contributed by atoms with Crippen molar-refractivity contribution in [2.75, 3.05) is 6.61 Å². The highest BCUT2D eigenvalue weighted by atomic mass is 16.6. The number of para-hydroxylation sites is 1. The van der Waals surface area contributed by atoms with Crippen LogP contribution in [0, 0.1) is 60.8 Å². The molecule has 0 saturated carbocycles. The van der Waals surface area contributed by atoms with Gasteiger partial charge in [0.05, 0.1) is 13.2 Å². The Balaban J connectivity index is 1.79. The average molecular weight is 576 g/mol. The van der Waals surface area contributed by atoms with Crippen LogP contribution < -0.4 is 4.74 Å². The Kier molecular flexibility index (Phi) is 8.51. The number of rotatable bonds is 8. The molecular formula is C40H49NO2. The van der Waals surface area contributed by atoms with Gasteiger partial charge in [-0.2, -0.15) is 0 Å². The number of hydrogen-bond acceptors (Lipinski definition) is 2. The van der Waals surface area contributed by atoms with Crippen molar-refractivity contribution >= 4 is 0 Å². The standard InChI is InChI=1S/C40H49NO2/c1-24-17-26(3)37(27(4)18-24)32-13-12-14-33(38-28(5)19-25(2)20-29(38)6)39(32)43-35(22-41-30(7)15-16-31(41)8)34(36-23-42-36)21-40(9,10)11/h12-21,35-36H,22-23H2,1-11H3. The second-order valence-corrected chi connectivity index (χ2v) is 13.9. The van der Waals surface area contributed by atoms with E-state index in [0.29, 0.717) is 0 Å². The number of ether oxygens (including phenoxy) is 2. The fourth-order valence-corrected chi connectivity index (χ4v) is 6.91. The van der Waals surface area contributed by atoms with Gasteiger partial charge in [-0.1, -0.05) is 80.4 Å². The molecule has 1 aliphatic rings. The highest BCUT2D eigenvalue weighted by Crippen LogP contribution is 2.45. The molecule has 1 fully saturated rings. The SMILES string of the molecule is Cc1cc(C)c(-c2cccc(-c3c(C)cc(C)cc3C)c2OC(Cn2c(C)ccc2C)C(=CC(C)(C)C)C2CO2)c(C)c1. The van der Waals surface area contributed by atoms with E-state index < -0.39 is 0 Å². The fraction of sp³-hybridized carbons (Fsp3) is 0.400. The van der Waals surface area contributed by atoms with Gasteiger partial charge >= 0.3 is 0 Å². The smallest absolute Gasteiger partial charge is 0.140 e. The highest BCUT2D eigenvalue weighted by molar-refractivity contribution is 5.87. The number of allylic oxidation sites excluding steroid dienone is 1. The van der Waals surface area contributed by atoms with E-state index in [2.05, 4.69) is 141 Å². The third-order valence-electron chi connectivity index (χ3n) is 8.61. The molecule has 0 spiro atoms. The Labute approximate surface area is 259 Å². The van der Waals surface area contributed by atoms with Crippen LogP contribution in [0.4, 0.5) is 0 Å². The van der Waals surface area contributed by atoms with E-state index in [-0.39, 0.29) is 17.6 Å². The van der Waals surface area contributed by atoms with Crippen LogP contribution >= 0.6 is 0 Å². The van der Waals surface area contributed by atoms with Gasteiger partial charge in [0, 0.05) is 22.5 Å². The number of aromatic nitrogens is 1. The summed E-state index contributed by atoms with van der Waals surface area (Å²) in [6.45, 7) is 25.8. The number of nitrogens with zero attached hydrogens (tertiary/aromatic N) is 1. The van der Waals surface area contributed by atoms with Crippen molar-refractivity contribution in [2.24, 2.45) is 5.41 Å². The maximum Gasteiger partial charge on any atom is 0.140 e. The first-order chi connectivity index (χ1) is 20.2. The average Bonchev–Trinajstić information content (AvgIpc) is 3.68. The minimum absolute atomic E-state index is 0.0136. The summed E-state index contributed by atoms with van der Waals surface area (Å²) >= 11 is 0. The van der Waals surface area contributed by atoms with Gasteiger partial charge in [0.25, 0.3) is 0 Å². The molecular weight excluding hydrogens is 526 g/mol. The lowest BCUT2D eigenvalue weighted by Gasteiger charge is -2.29. The van der Waals surface area contributed by atoms with Crippen molar-refractivity contribution in [1.82, 2.24) is 4.57 Å². The number of aryl methyl sites for hydroxylation is 8. The molecule has 1 aromatic heterocycles. The Bertz CT molecular complexity index is 1550. The zero-order chi connectivity index (χ0) is 31.2. The van der Waals surface area contributed by atoms with E-state index in [1.165, 1.54) is 61.5 Å². The van der Waals surface area contributed by atoms with Crippen LogP contribution in [0.1, 0.15) is 65.5 Å². The molecule has 3 aromatic carbocycles. The molecule has 0 aliphatic carbocycles. The maximum atomic E-state index is 7.49. The van der Waals surface area contributed by atoms with Crippen LogP contribution in [0.15, 0.2) is 66.2 Å². The molecule has 1 saturated heterocycles. The lowest BCUT2D eigenvalue weighted by molar-refractivity contribution is 0.202. The van der Waals surface area contributed by atoms with Gasteiger partial charge < -0.3 is 14.0 Å². The highest BCUT2D eigenvalue weighted by Gasteiger charge is 2.36. The van der Waals surface area contributed by atoms with E-state index >= 15 is 0 Å². The van der Waals surface area contributed by atoms with E-state index in [1.807, 2.05) is 0 Å². The molecule has 3 nitrogen and oxygen atoms in total. The predicted molar refractivity (Wildman–Crippen MR) is 181 cm³/mol. The van der Waals surface area contributed by atoms with E-state index in [9.17, 15) is 0 Å². The van der Waals surface area contributed by atoms with Gasteiger partial charge in [0.1, 0.15) is 18.0 Å². The minimum atomic E-state index is -0.200.